The summed E-state index contributed by atoms with van der Waals surface area (Å²) in [6.45, 7) is 4.39. The largest absolute Gasteiger partial charge is 0.459 e. The van der Waals surface area contributed by atoms with E-state index >= 15 is 0 Å². The van der Waals surface area contributed by atoms with Gasteiger partial charge in [0.15, 0.2) is 5.76 Å². The molecular weight excluding hydrogens is 224 g/mol. The van der Waals surface area contributed by atoms with Crippen molar-refractivity contribution in [1.82, 2.24) is 10.3 Å². The van der Waals surface area contributed by atoms with Crippen LogP contribution in [0.2, 0.25) is 0 Å². The minimum absolute atomic E-state index is 0.199. The summed E-state index contributed by atoms with van der Waals surface area (Å²) >= 11 is 1.60. The fraction of sp³-hybridized carbons (Fsp3) is 0.273. The Labute approximate surface area is 97.3 Å². The number of nitrogens with zero attached hydrogens (tertiary/aromatic N) is 1. The van der Waals surface area contributed by atoms with Crippen LogP contribution < -0.4 is 5.32 Å². The molecule has 16 heavy (non-hydrogen) atoms. The van der Waals surface area contributed by atoms with Crippen molar-refractivity contribution >= 4 is 17.2 Å². The zero-order valence-electron chi connectivity index (χ0n) is 9.11. The van der Waals surface area contributed by atoms with Gasteiger partial charge in [-0.1, -0.05) is 0 Å². The van der Waals surface area contributed by atoms with E-state index in [1.54, 1.807) is 23.5 Å². The third kappa shape index (κ3) is 2.30. The second-order valence-electron chi connectivity index (χ2n) is 3.40. The van der Waals surface area contributed by atoms with E-state index in [2.05, 4.69) is 10.3 Å². The van der Waals surface area contributed by atoms with Crippen molar-refractivity contribution in [3.63, 3.8) is 0 Å². The molecule has 0 atom stereocenters. The smallest absolute Gasteiger partial charge is 0.287 e. The third-order valence-corrected chi connectivity index (χ3v) is 3.23. The Kier molecular flexibility index (Phi) is 3.05. The number of thiazole rings is 1. The number of carbonyl (C=O) groups excluding carboxylic acids is 1. The van der Waals surface area contributed by atoms with Crippen molar-refractivity contribution in [1.29, 1.82) is 0 Å². The van der Waals surface area contributed by atoms with Gasteiger partial charge in [0.2, 0.25) is 0 Å². The molecule has 0 aliphatic rings. The molecule has 2 aromatic heterocycles. The molecule has 0 fully saturated rings. The number of rotatable bonds is 3. The van der Waals surface area contributed by atoms with Crippen molar-refractivity contribution in [3.8, 4) is 0 Å². The molecular formula is C11H12N2O2S. The van der Waals surface area contributed by atoms with Gasteiger partial charge in [-0.05, 0) is 26.0 Å². The summed E-state index contributed by atoms with van der Waals surface area (Å²) in [7, 11) is 0. The average Bonchev–Trinajstić information content (AvgIpc) is 2.84. The van der Waals surface area contributed by atoms with Crippen LogP contribution in [0.1, 0.15) is 26.1 Å². The van der Waals surface area contributed by atoms with Crippen LogP contribution in [0.5, 0.6) is 0 Å². The first-order chi connectivity index (χ1) is 7.66. The fourth-order valence-electron chi connectivity index (χ4n) is 1.39. The van der Waals surface area contributed by atoms with Crippen molar-refractivity contribution < 1.29 is 9.21 Å². The summed E-state index contributed by atoms with van der Waals surface area (Å²) in [6, 6.07) is 3.33. The predicted octanol–water partition coefficient (Wildman–Crippen LogP) is 2.28. The summed E-state index contributed by atoms with van der Waals surface area (Å²) in [5, 5.41) is 3.81. The summed E-state index contributed by atoms with van der Waals surface area (Å²) in [5.74, 6) is 0.134. The van der Waals surface area contributed by atoms with Crippen molar-refractivity contribution in [2.75, 3.05) is 0 Å². The molecule has 0 saturated carbocycles. The Hall–Kier alpha value is -1.62. The number of nitrogens with one attached hydrogen (secondary N) is 1. The first kappa shape index (κ1) is 10.9. The summed E-state index contributed by atoms with van der Waals surface area (Å²) < 4.78 is 4.99. The van der Waals surface area contributed by atoms with Crippen molar-refractivity contribution in [2.24, 2.45) is 0 Å². The van der Waals surface area contributed by atoms with Gasteiger partial charge in [0.25, 0.3) is 5.91 Å². The van der Waals surface area contributed by atoms with Gasteiger partial charge >= 0.3 is 0 Å². The van der Waals surface area contributed by atoms with Crippen LogP contribution in [-0.2, 0) is 6.54 Å². The molecule has 2 heterocycles. The van der Waals surface area contributed by atoms with Crippen LogP contribution >= 0.6 is 11.3 Å². The zero-order chi connectivity index (χ0) is 11.5. The molecule has 0 radical (unpaired) electrons. The highest BCUT2D eigenvalue weighted by molar-refractivity contribution is 7.11. The minimum atomic E-state index is -0.199. The van der Waals surface area contributed by atoms with Gasteiger partial charge in [0, 0.05) is 4.88 Å². The molecule has 0 aromatic carbocycles. The molecule has 2 rings (SSSR count). The molecule has 4 nitrogen and oxygen atoms in total. The molecule has 5 heteroatoms. The summed E-state index contributed by atoms with van der Waals surface area (Å²) in [6.07, 6.45) is 1.48. The van der Waals surface area contributed by atoms with E-state index in [-0.39, 0.29) is 5.91 Å². The number of carbonyl (C=O) groups is 1. The molecule has 0 unspecified atom stereocenters. The van der Waals surface area contributed by atoms with Crippen LogP contribution in [0, 0.1) is 13.8 Å². The first-order valence-electron chi connectivity index (χ1n) is 4.91. The summed E-state index contributed by atoms with van der Waals surface area (Å²) in [5.41, 5.74) is 0.974. The maximum absolute atomic E-state index is 11.6. The SMILES string of the molecule is Cc1nc(C)c(CNC(=O)c2ccco2)s1. The van der Waals surface area contributed by atoms with Gasteiger partial charge in [-0.15, -0.1) is 11.3 Å². The van der Waals surface area contributed by atoms with Gasteiger partial charge in [0.05, 0.1) is 23.5 Å². The number of furan rings is 1. The van der Waals surface area contributed by atoms with E-state index in [1.807, 2.05) is 13.8 Å². The number of amides is 1. The van der Waals surface area contributed by atoms with Crippen LogP contribution in [0.4, 0.5) is 0 Å². The highest BCUT2D eigenvalue weighted by Gasteiger charge is 2.10. The lowest BCUT2D eigenvalue weighted by Gasteiger charge is -2.00. The Morgan fingerprint density at radius 1 is 1.56 bits per heavy atom. The number of aryl methyl sites for hydroxylation is 2. The van der Waals surface area contributed by atoms with E-state index < -0.39 is 0 Å². The second-order valence-corrected chi connectivity index (χ2v) is 4.69. The molecule has 2 aromatic rings. The topological polar surface area (TPSA) is 55.1 Å². The zero-order valence-corrected chi connectivity index (χ0v) is 9.93. The molecule has 0 aliphatic carbocycles. The van der Waals surface area contributed by atoms with Gasteiger partial charge in [-0.2, -0.15) is 0 Å². The van der Waals surface area contributed by atoms with E-state index in [1.165, 1.54) is 6.26 Å². The highest BCUT2D eigenvalue weighted by atomic mass is 32.1. The van der Waals surface area contributed by atoms with Gasteiger partial charge in [-0.25, -0.2) is 4.98 Å². The Morgan fingerprint density at radius 2 is 2.38 bits per heavy atom. The van der Waals surface area contributed by atoms with E-state index in [4.69, 9.17) is 4.42 Å². The van der Waals surface area contributed by atoms with Gasteiger partial charge in [0.1, 0.15) is 0 Å². The average molecular weight is 236 g/mol. The molecule has 84 valence electrons. The van der Waals surface area contributed by atoms with E-state index in [0.717, 1.165) is 15.6 Å². The van der Waals surface area contributed by atoms with Crippen molar-refractivity contribution in [2.45, 2.75) is 20.4 Å². The molecule has 1 N–H and O–H groups in total. The molecule has 0 bridgehead atoms. The highest BCUT2D eigenvalue weighted by Crippen LogP contribution is 2.16. The lowest BCUT2D eigenvalue weighted by atomic mass is 10.3. The first-order valence-corrected chi connectivity index (χ1v) is 5.73. The molecule has 0 spiro atoms. The molecule has 1 amide bonds. The molecule has 0 saturated heterocycles. The molecule has 0 aliphatic heterocycles. The third-order valence-electron chi connectivity index (χ3n) is 2.15. The predicted molar refractivity (Wildman–Crippen MR) is 61.5 cm³/mol. The lowest BCUT2D eigenvalue weighted by Crippen LogP contribution is -2.22. The maximum Gasteiger partial charge on any atom is 0.287 e. The number of aromatic nitrogens is 1. The van der Waals surface area contributed by atoms with Crippen LogP contribution in [-0.4, -0.2) is 10.9 Å². The number of hydrogen-bond donors (Lipinski definition) is 1. The van der Waals surface area contributed by atoms with Crippen molar-refractivity contribution in [3.05, 3.63) is 39.7 Å². The minimum Gasteiger partial charge on any atom is -0.459 e. The normalized spacial score (nSPS) is 10.4. The standard InChI is InChI=1S/C11H12N2O2S/c1-7-10(16-8(2)13-7)6-12-11(14)9-4-3-5-15-9/h3-5H,6H2,1-2H3,(H,12,14). The fourth-order valence-corrected chi connectivity index (χ4v) is 2.27. The number of hydrogen-bond acceptors (Lipinski definition) is 4. The summed E-state index contributed by atoms with van der Waals surface area (Å²) in [4.78, 5) is 17.0. The Bertz CT molecular complexity index is 488. The van der Waals surface area contributed by atoms with Crippen LogP contribution in [0.15, 0.2) is 22.8 Å². The van der Waals surface area contributed by atoms with Gasteiger partial charge < -0.3 is 9.73 Å². The van der Waals surface area contributed by atoms with E-state index in [9.17, 15) is 4.79 Å². The van der Waals surface area contributed by atoms with E-state index in [0.29, 0.717) is 12.3 Å². The van der Waals surface area contributed by atoms with Crippen LogP contribution in [0.25, 0.3) is 0 Å². The monoisotopic (exact) mass is 236 g/mol. The van der Waals surface area contributed by atoms with Gasteiger partial charge in [-0.3, -0.25) is 4.79 Å². The lowest BCUT2D eigenvalue weighted by molar-refractivity contribution is 0.0923. The van der Waals surface area contributed by atoms with Crippen LogP contribution in [0.3, 0.4) is 0 Å². The quantitative estimate of drug-likeness (QED) is 0.889. The maximum atomic E-state index is 11.6. The second kappa shape index (κ2) is 4.49. The Morgan fingerprint density at radius 3 is 2.94 bits per heavy atom. The Balaban J connectivity index is 1.98.